The quantitative estimate of drug-likeness (QED) is 0.327. The van der Waals surface area contributed by atoms with Crippen LogP contribution in [-0.2, 0) is 17.8 Å². The van der Waals surface area contributed by atoms with Gasteiger partial charge in [0, 0.05) is 28.7 Å². The highest BCUT2D eigenvalue weighted by atomic mass is 79.9. The maximum absolute atomic E-state index is 12.8. The zero-order valence-corrected chi connectivity index (χ0v) is 19.9. The highest BCUT2D eigenvalue weighted by Gasteiger charge is 2.14. The first kappa shape index (κ1) is 22.7. The van der Waals surface area contributed by atoms with Gasteiger partial charge in [0.25, 0.3) is 5.91 Å². The number of nitrogens with one attached hydrogen (secondary N) is 2. The lowest BCUT2D eigenvalue weighted by Gasteiger charge is -2.11. The van der Waals surface area contributed by atoms with Gasteiger partial charge in [0.1, 0.15) is 12.4 Å². The normalized spacial score (nSPS) is 10.8. The number of carbonyl (C=O) groups excluding carboxylic acids is 2. The molecule has 2 amide bonds. The number of imidazole rings is 1. The van der Waals surface area contributed by atoms with Gasteiger partial charge >= 0.3 is 0 Å². The molecule has 0 radical (unpaired) electrons. The number of nitrogens with zero attached hydrogens (tertiary/aromatic N) is 2. The molecule has 0 aliphatic carbocycles. The minimum absolute atomic E-state index is 0.0862. The van der Waals surface area contributed by atoms with Crippen LogP contribution in [0.5, 0.6) is 0 Å². The van der Waals surface area contributed by atoms with E-state index in [4.69, 9.17) is 4.98 Å². The maximum Gasteiger partial charge on any atom is 0.251 e. The van der Waals surface area contributed by atoms with Crippen molar-refractivity contribution in [3.05, 3.63) is 94.2 Å². The molecule has 33 heavy (non-hydrogen) atoms. The van der Waals surface area contributed by atoms with E-state index in [-0.39, 0.29) is 18.4 Å². The van der Waals surface area contributed by atoms with E-state index in [2.05, 4.69) is 26.6 Å². The molecule has 1 heterocycles. The third-order valence-electron chi connectivity index (χ3n) is 5.32. The molecule has 0 fully saturated rings. The molecule has 0 spiro atoms. The molecule has 0 bridgehead atoms. The average Bonchev–Trinajstić information content (AvgIpc) is 3.14. The van der Waals surface area contributed by atoms with E-state index in [1.807, 2.05) is 84.3 Å². The summed E-state index contributed by atoms with van der Waals surface area (Å²) in [5.41, 5.74) is 4.28. The van der Waals surface area contributed by atoms with Gasteiger partial charge in [-0.3, -0.25) is 9.59 Å². The highest BCUT2D eigenvalue weighted by Crippen LogP contribution is 2.19. The summed E-state index contributed by atoms with van der Waals surface area (Å²) in [5, 5.41) is 5.90. The van der Waals surface area contributed by atoms with Crippen molar-refractivity contribution in [2.75, 3.05) is 11.9 Å². The van der Waals surface area contributed by atoms with Gasteiger partial charge in [-0.1, -0.05) is 51.8 Å². The first-order valence-electron chi connectivity index (χ1n) is 10.8. The lowest BCUT2D eigenvalue weighted by Crippen LogP contribution is -2.25. The maximum atomic E-state index is 12.8. The molecule has 7 heteroatoms. The summed E-state index contributed by atoms with van der Waals surface area (Å²) in [5.74, 6) is 0.618. The van der Waals surface area contributed by atoms with Crippen LogP contribution in [0.4, 0.5) is 5.69 Å². The van der Waals surface area contributed by atoms with Gasteiger partial charge in [0.2, 0.25) is 5.91 Å². The summed E-state index contributed by atoms with van der Waals surface area (Å²) in [4.78, 5) is 29.8. The van der Waals surface area contributed by atoms with Gasteiger partial charge in [-0.2, -0.15) is 0 Å². The summed E-state index contributed by atoms with van der Waals surface area (Å²) in [6, 6.07) is 22.8. The van der Waals surface area contributed by atoms with E-state index in [0.717, 1.165) is 32.6 Å². The van der Waals surface area contributed by atoms with Crippen molar-refractivity contribution in [1.29, 1.82) is 0 Å². The van der Waals surface area contributed by atoms with Gasteiger partial charge < -0.3 is 15.2 Å². The molecule has 3 aromatic carbocycles. The molecule has 0 aliphatic rings. The summed E-state index contributed by atoms with van der Waals surface area (Å²) >= 11 is 3.42. The number of hydrogen-bond acceptors (Lipinski definition) is 3. The molecule has 0 unspecified atom stereocenters. The summed E-state index contributed by atoms with van der Waals surface area (Å²) < 4.78 is 2.85. The molecule has 0 saturated heterocycles. The van der Waals surface area contributed by atoms with Gasteiger partial charge in [-0.15, -0.1) is 0 Å². The van der Waals surface area contributed by atoms with E-state index in [1.54, 1.807) is 0 Å². The Hall–Kier alpha value is -3.45. The highest BCUT2D eigenvalue weighted by molar-refractivity contribution is 9.10. The predicted molar refractivity (Wildman–Crippen MR) is 134 cm³/mol. The number of carbonyl (C=O) groups is 2. The van der Waals surface area contributed by atoms with Crippen LogP contribution in [-0.4, -0.2) is 27.9 Å². The largest absolute Gasteiger partial charge is 0.352 e. The van der Waals surface area contributed by atoms with Crippen LogP contribution in [0.1, 0.15) is 28.2 Å². The Morgan fingerprint density at radius 1 is 1.00 bits per heavy atom. The first-order valence-corrected chi connectivity index (χ1v) is 11.6. The molecule has 4 aromatic rings. The van der Waals surface area contributed by atoms with Crippen molar-refractivity contribution in [3.8, 4) is 0 Å². The molecular formula is C26H25BrN4O2. The monoisotopic (exact) mass is 504 g/mol. The number of anilines is 1. The molecule has 6 nitrogen and oxygen atoms in total. The Kier molecular flexibility index (Phi) is 7.19. The van der Waals surface area contributed by atoms with Gasteiger partial charge in [-0.25, -0.2) is 4.98 Å². The number of hydrogen-bond donors (Lipinski definition) is 2. The van der Waals surface area contributed by atoms with Crippen molar-refractivity contribution in [3.63, 3.8) is 0 Å². The zero-order chi connectivity index (χ0) is 23.2. The van der Waals surface area contributed by atoms with Crippen LogP contribution < -0.4 is 10.6 Å². The number of rotatable bonds is 8. The third-order valence-corrected chi connectivity index (χ3v) is 5.81. The van der Waals surface area contributed by atoms with Crippen LogP contribution in [0.25, 0.3) is 11.0 Å². The molecule has 2 N–H and O–H groups in total. The molecule has 0 saturated carbocycles. The molecule has 4 rings (SSSR count). The average molecular weight is 505 g/mol. The van der Waals surface area contributed by atoms with Crippen molar-refractivity contribution in [2.24, 2.45) is 0 Å². The third kappa shape index (κ3) is 5.87. The Morgan fingerprint density at radius 2 is 1.79 bits per heavy atom. The zero-order valence-electron chi connectivity index (χ0n) is 18.3. The topological polar surface area (TPSA) is 76.0 Å². The lowest BCUT2D eigenvalue weighted by atomic mass is 10.1. The van der Waals surface area contributed by atoms with E-state index in [1.165, 1.54) is 0 Å². The minimum Gasteiger partial charge on any atom is -0.352 e. The standard InChI is InChI=1S/C26H25BrN4O2/c1-18-11-13-19(14-12-18)26(33)28-15-5-10-24-30-22-8-2-3-9-23(22)31(24)17-25(32)29-21-7-4-6-20(27)16-21/h2-4,6-9,11-14,16H,5,10,15,17H2,1H3,(H,28,33)(H,29,32). The lowest BCUT2D eigenvalue weighted by molar-refractivity contribution is -0.116. The second kappa shape index (κ2) is 10.4. The fourth-order valence-electron chi connectivity index (χ4n) is 3.66. The predicted octanol–water partition coefficient (Wildman–Crippen LogP) is 5.11. The van der Waals surface area contributed by atoms with Crippen LogP contribution in [0.2, 0.25) is 0 Å². The molecule has 1 aromatic heterocycles. The smallest absolute Gasteiger partial charge is 0.251 e. The van der Waals surface area contributed by atoms with Crippen molar-refractivity contribution < 1.29 is 9.59 Å². The number of aryl methyl sites for hydroxylation is 2. The van der Waals surface area contributed by atoms with E-state index in [0.29, 0.717) is 24.9 Å². The van der Waals surface area contributed by atoms with Gasteiger partial charge in [0.05, 0.1) is 11.0 Å². The van der Waals surface area contributed by atoms with E-state index < -0.39 is 0 Å². The second-order valence-corrected chi connectivity index (χ2v) is 8.80. The van der Waals surface area contributed by atoms with Crippen molar-refractivity contribution in [2.45, 2.75) is 26.3 Å². The van der Waals surface area contributed by atoms with Crippen LogP contribution in [0.15, 0.2) is 77.3 Å². The Bertz CT molecular complexity index is 1280. The van der Waals surface area contributed by atoms with E-state index in [9.17, 15) is 9.59 Å². The van der Waals surface area contributed by atoms with E-state index >= 15 is 0 Å². The second-order valence-electron chi connectivity index (χ2n) is 7.89. The number of fused-ring (bicyclic) bond motifs is 1. The van der Waals surface area contributed by atoms with Crippen LogP contribution >= 0.6 is 15.9 Å². The number of para-hydroxylation sites is 2. The SMILES string of the molecule is Cc1ccc(C(=O)NCCCc2nc3ccccc3n2CC(=O)Nc2cccc(Br)c2)cc1. The Labute approximate surface area is 201 Å². The number of aromatic nitrogens is 2. The fraction of sp³-hybridized carbons (Fsp3) is 0.192. The van der Waals surface area contributed by atoms with Crippen LogP contribution in [0.3, 0.4) is 0 Å². The Balaban J connectivity index is 1.41. The summed E-state index contributed by atoms with van der Waals surface area (Å²) in [6.07, 6.45) is 1.36. The van der Waals surface area contributed by atoms with Gasteiger partial charge in [0.15, 0.2) is 0 Å². The number of halogens is 1. The number of benzene rings is 3. The Morgan fingerprint density at radius 3 is 2.58 bits per heavy atom. The molecular weight excluding hydrogens is 480 g/mol. The first-order chi connectivity index (χ1) is 16.0. The molecule has 0 aliphatic heterocycles. The van der Waals surface area contributed by atoms with Gasteiger partial charge in [-0.05, 0) is 55.8 Å². The van der Waals surface area contributed by atoms with Crippen molar-refractivity contribution >= 4 is 44.5 Å². The molecule has 0 atom stereocenters. The summed E-state index contributed by atoms with van der Waals surface area (Å²) in [6.45, 7) is 2.69. The van der Waals surface area contributed by atoms with Crippen molar-refractivity contribution in [1.82, 2.24) is 14.9 Å². The minimum atomic E-state index is -0.120. The molecule has 168 valence electrons. The summed E-state index contributed by atoms with van der Waals surface area (Å²) in [7, 11) is 0. The fourth-order valence-corrected chi connectivity index (χ4v) is 4.06. The van der Waals surface area contributed by atoms with Crippen LogP contribution in [0, 0.1) is 6.92 Å². The number of amides is 2.